The Bertz CT molecular complexity index is 609. The zero-order valence-corrected chi connectivity index (χ0v) is 11.9. The van der Waals surface area contributed by atoms with E-state index in [1.807, 2.05) is 30.5 Å². The Morgan fingerprint density at radius 3 is 1.62 bits per heavy atom. The summed E-state index contributed by atoms with van der Waals surface area (Å²) in [6, 6.07) is 27.1. The molecule has 0 bridgehead atoms. The molecule has 0 spiro atoms. The van der Waals surface area contributed by atoms with E-state index in [-0.39, 0.29) is 0 Å². The first-order valence-corrected chi connectivity index (χ1v) is 7.16. The lowest BCUT2D eigenvalue weighted by Crippen LogP contribution is -2.22. The fourth-order valence-electron chi connectivity index (χ4n) is 2.37. The van der Waals surface area contributed by atoms with E-state index >= 15 is 0 Å². The molecule has 2 nitrogen and oxygen atoms in total. The maximum Gasteiger partial charge on any atom is 0.129 e. The van der Waals surface area contributed by atoms with Crippen molar-refractivity contribution in [3.63, 3.8) is 0 Å². The van der Waals surface area contributed by atoms with E-state index in [9.17, 15) is 0 Å². The van der Waals surface area contributed by atoms with Crippen molar-refractivity contribution in [3.05, 3.63) is 96.2 Å². The van der Waals surface area contributed by atoms with Gasteiger partial charge in [0, 0.05) is 19.3 Å². The Morgan fingerprint density at radius 1 is 0.619 bits per heavy atom. The number of anilines is 1. The Balaban J connectivity index is 1.84. The average molecular weight is 274 g/mol. The molecule has 0 aliphatic rings. The maximum absolute atomic E-state index is 4.50. The van der Waals surface area contributed by atoms with Crippen LogP contribution in [0.4, 0.5) is 5.82 Å². The van der Waals surface area contributed by atoms with Crippen molar-refractivity contribution >= 4 is 5.82 Å². The predicted octanol–water partition coefficient (Wildman–Crippen LogP) is 4.29. The van der Waals surface area contributed by atoms with E-state index in [0.717, 1.165) is 18.9 Å². The van der Waals surface area contributed by atoms with Gasteiger partial charge in [-0.3, -0.25) is 0 Å². The first kappa shape index (κ1) is 13.4. The van der Waals surface area contributed by atoms with Crippen LogP contribution in [0.2, 0.25) is 0 Å². The number of nitrogens with zero attached hydrogens (tertiary/aromatic N) is 2. The molecular formula is C19H18N2. The van der Waals surface area contributed by atoms with Crippen molar-refractivity contribution in [2.24, 2.45) is 0 Å². The summed E-state index contributed by atoms with van der Waals surface area (Å²) < 4.78 is 0. The van der Waals surface area contributed by atoms with E-state index in [4.69, 9.17) is 0 Å². The van der Waals surface area contributed by atoms with E-state index in [1.54, 1.807) is 0 Å². The van der Waals surface area contributed by atoms with Gasteiger partial charge in [0.25, 0.3) is 0 Å². The van der Waals surface area contributed by atoms with Crippen LogP contribution >= 0.6 is 0 Å². The summed E-state index contributed by atoms with van der Waals surface area (Å²) >= 11 is 0. The lowest BCUT2D eigenvalue weighted by Gasteiger charge is -2.24. The quantitative estimate of drug-likeness (QED) is 0.690. The van der Waals surface area contributed by atoms with Crippen LogP contribution in [0.15, 0.2) is 85.1 Å². The van der Waals surface area contributed by atoms with Crippen molar-refractivity contribution in [2.45, 2.75) is 13.1 Å². The van der Waals surface area contributed by atoms with Crippen molar-refractivity contribution in [1.82, 2.24) is 4.98 Å². The third-order valence-electron chi connectivity index (χ3n) is 3.41. The van der Waals surface area contributed by atoms with Gasteiger partial charge >= 0.3 is 0 Å². The third-order valence-corrected chi connectivity index (χ3v) is 3.41. The molecule has 21 heavy (non-hydrogen) atoms. The van der Waals surface area contributed by atoms with Crippen molar-refractivity contribution in [1.29, 1.82) is 0 Å². The molecule has 0 amide bonds. The van der Waals surface area contributed by atoms with E-state index in [2.05, 4.69) is 64.5 Å². The molecular weight excluding hydrogens is 256 g/mol. The van der Waals surface area contributed by atoms with Crippen molar-refractivity contribution in [3.8, 4) is 0 Å². The molecule has 0 N–H and O–H groups in total. The van der Waals surface area contributed by atoms with Crippen LogP contribution in [0.5, 0.6) is 0 Å². The summed E-state index contributed by atoms with van der Waals surface area (Å²) in [6.45, 7) is 1.71. The van der Waals surface area contributed by atoms with Crippen LogP contribution in [0.1, 0.15) is 11.1 Å². The molecule has 2 aromatic carbocycles. The molecule has 104 valence electrons. The van der Waals surface area contributed by atoms with Crippen LogP contribution < -0.4 is 4.90 Å². The fraction of sp³-hybridized carbons (Fsp3) is 0.105. The van der Waals surface area contributed by atoms with Gasteiger partial charge in [-0.05, 0) is 23.3 Å². The van der Waals surface area contributed by atoms with Crippen LogP contribution in [0.25, 0.3) is 0 Å². The van der Waals surface area contributed by atoms with Crippen LogP contribution in [-0.2, 0) is 13.1 Å². The molecule has 3 aromatic rings. The van der Waals surface area contributed by atoms with Crippen molar-refractivity contribution in [2.75, 3.05) is 4.90 Å². The minimum absolute atomic E-state index is 0.854. The monoisotopic (exact) mass is 274 g/mol. The maximum atomic E-state index is 4.50. The number of hydrogen-bond acceptors (Lipinski definition) is 2. The van der Waals surface area contributed by atoms with Gasteiger partial charge in [0.15, 0.2) is 0 Å². The normalized spacial score (nSPS) is 10.3. The summed E-state index contributed by atoms with van der Waals surface area (Å²) in [5.74, 6) is 1.00. The minimum Gasteiger partial charge on any atom is -0.348 e. The van der Waals surface area contributed by atoms with E-state index < -0.39 is 0 Å². The highest BCUT2D eigenvalue weighted by Crippen LogP contribution is 2.17. The minimum atomic E-state index is 0.854. The summed E-state index contributed by atoms with van der Waals surface area (Å²) in [6.07, 6.45) is 1.85. The van der Waals surface area contributed by atoms with Gasteiger partial charge in [-0.15, -0.1) is 0 Å². The van der Waals surface area contributed by atoms with Gasteiger partial charge in [0.1, 0.15) is 5.82 Å². The standard InChI is InChI=1S/C19H18N2/c1-3-9-17(10-4-1)15-21(19-13-7-8-14-20-19)16-18-11-5-2-6-12-18/h1-14H,15-16H2. The van der Waals surface area contributed by atoms with E-state index in [0.29, 0.717) is 0 Å². The molecule has 0 atom stereocenters. The summed E-state index contributed by atoms with van der Waals surface area (Å²) in [5, 5.41) is 0. The predicted molar refractivity (Wildman–Crippen MR) is 87.0 cm³/mol. The number of hydrogen-bond donors (Lipinski definition) is 0. The van der Waals surface area contributed by atoms with Crippen LogP contribution in [0, 0.1) is 0 Å². The first-order chi connectivity index (χ1) is 10.4. The van der Waals surface area contributed by atoms with Crippen LogP contribution in [-0.4, -0.2) is 4.98 Å². The Hall–Kier alpha value is -2.61. The Labute approximate surface area is 125 Å². The summed E-state index contributed by atoms with van der Waals surface area (Å²) in [5.41, 5.74) is 2.58. The lowest BCUT2D eigenvalue weighted by molar-refractivity contribution is 0.783. The van der Waals surface area contributed by atoms with Gasteiger partial charge in [0.2, 0.25) is 0 Å². The largest absolute Gasteiger partial charge is 0.348 e. The number of aromatic nitrogens is 1. The highest BCUT2D eigenvalue weighted by atomic mass is 15.2. The molecule has 1 heterocycles. The molecule has 0 saturated heterocycles. The molecule has 0 saturated carbocycles. The molecule has 0 fully saturated rings. The zero-order chi connectivity index (χ0) is 14.3. The first-order valence-electron chi connectivity index (χ1n) is 7.16. The number of benzene rings is 2. The highest BCUT2D eigenvalue weighted by molar-refractivity contribution is 5.40. The molecule has 0 radical (unpaired) electrons. The Morgan fingerprint density at radius 2 is 1.14 bits per heavy atom. The molecule has 3 rings (SSSR count). The topological polar surface area (TPSA) is 16.1 Å². The van der Waals surface area contributed by atoms with Gasteiger partial charge in [-0.2, -0.15) is 0 Å². The zero-order valence-electron chi connectivity index (χ0n) is 11.9. The second kappa shape index (κ2) is 6.71. The summed E-state index contributed by atoms with van der Waals surface area (Å²) in [7, 11) is 0. The second-order valence-electron chi connectivity index (χ2n) is 5.02. The number of rotatable bonds is 5. The van der Waals surface area contributed by atoms with Gasteiger partial charge in [-0.25, -0.2) is 4.98 Å². The molecule has 2 heteroatoms. The lowest BCUT2D eigenvalue weighted by atomic mass is 10.1. The molecule has 0 aliphatic heterocycles. The molecule has 1 aromatic heterocycles. The molecule has 0 unspecified atom stereocenters. The third kappa shape index (κ3) is 3.69. The summed E-state index contributed by atoms with van der Waals surface area (Å²) in [4.78, 5) is 6.79. The van der Waals surface area contributed by atoms with Gasteiger partial charge < -0.3 is 4.90 Å². The van der Waals surface area contributed by atoms with Crippen molar-refractivity contribution < 1.29 is 0 Å². The average Bonchev–Trinajstić information content (AvgIpc) is 2.57. The second-order valence-corrected chi connectivity index (χ2v) is 5.02. The van der Waals surface area contributed by atoms with Gasteiger partial charge in [0.05, 0.1) is 0 Å². The SMILES string of the molecule is c1ccc(CN(Cc2ccccc2)c2ccccn2)cc1. The van der Waals surface area contributed by atoms with Crippen LogP contribution in [0.3, 0.4) is 0 Å². The fourth-order valence-corrected chi connectivity index (χ4v) is 2.37. The highest BCUT2D eigenvalue weighted by Gasteiger charge is 2.09. The van der Waals surface area contributed by atoms with E-state index in [1.165, 1.54) is 11.1 Å². The molecule has 0 aliphatic carbocycles. The Kier molecular flexibility index (Phi) is 4.27. The number of pyridine rings is 1. The van der Waals surface area contributed by atoms with Gasteiger partial charge in [-0.1, -0.05) is 66.7 Å². The smallest absolute Gasteiger partial charge is 0.129 e.